The van der Waals surface area contributed by atoms with Gasteiger partial charge in [-0.1, -0.05) is 6.07 Å². The van der Waals surface area contributed by atoms with E-state index in [9.17, 15) is 0 Å². The predicted molar refractivity (Wildman–Crippen MR) is 63.3 cm³/mol. The van der Waals surface area contributed by atoms with E-state index in [1.165, 1.54) is 0 Å². The molecule has 1 aliphatic heterocycles. The Labute approximate surface area is 96.4 Å². The molecule has 0 radical (unpaired) electrons. The van der Waals surface area contributed by atoms with Crippen molar-refractivity contribution in [1.82, 2.24) is 9.88 Å². The first-order valence-electron chi connectivity index (χ1n) is 5.78. The lowest BCUT2D eigenvalue weighted by Gasteiger charge is -2.29. The van der Waals surface area contributed by atoms with Crippen LogP contribution in [0.4, 0.5) is 0 Å². The molecule has 0 saturated carbocycles. The molecule has 0 spiro atoms. The maximum Gasteiger partial charge on any atom is 0.218 e. The SMILES string of the molecule is CN1CCC(Oc2ncccc2CN)CC1. The molecule has 1 aliphatic rings. The summed E-state index contributed by atoms with van der Waals surface area (Å²) >= 11 is 0. The molecule has 16 heavy (non-hydrogen) atoms. The normalized spacial score (nSPS) is 18.6. The third kappa shape index (κ3) is 2.71. The van der Waals surface area contributed by atoms with Crippen LogP contribution in [0, 0.1) is 0 Å². The fourth-order valence-corrected chi connectivity index (χ4v) is 1.95. The number of nitrogens with zero attached hydrogens (tertiary/aromatic N) is 2. The molecule has 4 heteroatoms. The van der Waals surface area contributed by atoms with Crippen molar-refractivity contribution in [2.45, 2.75) is 25.5 Å². The third-order valence-electron chi connectivity index (χ3n) is 3.01. The second-order valence-corrected chi connectivity index (χ2v) is 4.29. The third-order valence-corrected chi connectivity index (χ3v) is 3.01. The number of pyridine rings is 1. The van der Waals surface area contributed by atoms with E-state index in [0.717, 1.165) is 31.5 Å². The maximum atomic E-state index is 5.91. The van der Waals surface area contributed by atoms with Gasteiger partial charge in [0.2, 0.25) is 5.88 Å². The smallest absolute Gasteiger partial charge is 0.218 e. The van der Waals surface area contributed by atoms with Crippen molar-refractivity contribution in [3.05, 3.63) is 23.9 Å². The molecule has 0 unspecified atom stereocenters. The number of likely N-dealkylation sites (tertiary alicyclic amines) is 1. The molecule has 0 amide bonds. The van der Waals surface area contributed by atoms with Crippen LogP contribution in [0.2, 0.25) is 0 Å². The van der Waals surface area contributed by atoms with Crippen molar-refractivity contribution in [2.24, 2.45) is 5.73 Å². The molecule has 1 saturated heterocycles. The summed E-state index contributed by atoms with van der Waals surface area (Å²) < 4.78 is 5.91. The number of piperidine rings is 1. The molecular weight excluding hydrogens is 202 g/mol. The summed E-state index contributed by atoms with van der Waals surface area (Å²) in [5.41, 5.74) is 6.64. The van der Waals surface area contributed by atoms with Gasteiger partial charge in [0.25, 0.3) is 0 Å². The minimum Gasteiger partial charge on any atom is -0.474 e. The van der Waals surface area contributed by atoms with Crippen molar-refractivity contribution in [2.75, 3.05) is 20.1 Å². The van der Waals surface area contributed by atoms with Gasteiger partial charge in [-0.3, -0.25) is 0 Å². The molecular formula is C12H19N3O. The number of nitrogens with two attached hydrogens (primary N) is 1. The minimum absolute atomic E-state index is 0.288. The molecule has 0 bridgehead atoms. The van der Waals surface area contributed by atoms with Gasteiger partial charge in [0.15, 0.2) is 0 Å². The highest BCUT2D eigenvalue weighted by Crippen LogP contribution is 2.19. The molecule has 1 aromatic heterocycles. The fourth-order valence-electron chi connectivity index (χ4n) is 1.95. The zero-order chi connectivity index (χ0) is 11.4. The Morgan fingerprint density at radius 2 is 2.25 bits per heavy atom. The molecule has 2 rings (SSSR count). The molecule has 0 atom stereocenters. The lowest BCUT2D eigenvalue weighted by Crippen LogP contribution is -2.36. The first kappa shape index (κ1) is 11.4. The fraction of sp³-hybridized carbons (Fsp3) is 0.583. The van der Waals surface area contributed by atoms with E-state index in [1.54, 1.807) is 6.20 Å². The summed E-state index contributed by atoms with van der Waals surface area (Å²) in [6, 6.07) is 3.86. The molecule has 0 aliphatic carbocycles. The first-order valence-corrected chi connectivity index (χ1v) is 5.78. The van der Waals surface area contributed by atoms with Crippen molar-refractivity contribution < 1.29 is 4.74 Å². The van der Waals surface area contributed by atoms with Crippen LogP contribution in [0.5, 0.6) is 5.88 Å². The molecule has 4 nitrogen and oxygen atoms in total. The van der Waals surface area contributed by atoms with Gasteiger partial charge in [-0.25, -0.2) is 4.98 Å². The van der Waals surface area contributed by atoms with Gasteiger partial charge in [0, 0.05) is 31.4 Å². The number of aromatic nitrogens is 1. The quantitative estimate of drug-likeness (QED) is 0.827. The van der Waals surface area contributed by atoms with E-state index in [2.05, 4.69) is 16.9 Å². The Balaban J connectivity index is 1.98. The summed E-state index contributed by atoms with van der Waals surface area (Å²) in [6.45, 7) is 2.67. The van der Waals surface area contributed by atoms with Gasteiger partial charge < -0.3 is 15.4 Å². The van der Waals surface area contributed by atoms with Crippen LogP contribution >= 0.6 is 0 Å². The predicted octanol–water partition coefficient (Wildman–Crippen LogP) is 1.01. The summed E-state index contributed by atoms with van der Waals surface area (Å²) in [6.07, 6.45) is 4.17. The number of hydrogen-bond donors (Lipinski definition) is 1. The number of ether oxygens (including phenoxy) is 1. The van der Waals surface area contributed by atoms with E-state index in [4.69, 9.17) is 10.5 Å². The van der Waals surface area contributed by atoms with Crippen LogP contribution in [0.3, 0.4) is 0 Å². The average molecular weight is 221 g/mol. The van der Waals surface area contributed by atoms with Crippen LogP contribution in [-0.2, 0) is 6.54 Å². The summed E-state index contributed by atoms with van der Waals surface area (Å²) in [4.78, 5) is 6.57. The summed E-state index contributed by atoms with van der Waals surface area (Å²) in [5.74, 6) is 0.708. The summed E-state index contributed by atoms with van der Waals surface area (Å²) in [7, 11) is 2.14. The van der Waals surface area contributed by atoms with Gasteiger partial charge in [0.1, 0.15) is 6.10 Å². The van der Waals surface area contributed by atoms with Crippen LogP contribution in [-0.4, -0.2) is 36.1 Å². The van der Waals surface area contributed by atoms with E-state index in [0.29, 0.717) is 12.4 Å². The monoisotopic (exact) mass is 221 g/mol. The molecule has 0 aromatic carbocycles. The van der Waals surface area contributed by atoms with E-state index >= 15 is 0 Å². The molecule has 88 valence electrons. The van der Waals surface area contributed by atoms with Crippen molar-refractivity contribution in [3.63, 3.8) is 0 Å². The van der Waals surface area contributed by atoms with Crippen LogP contribution in [0.25, 0.3) is 0 Å². The van der Waals surface area contributed by atoms with Gasteiger partial charge in [-0.05, 0) is 26.0 Å². The molecule has 1 aromatic rings. The summed E-state index contributed by atoms with van der Waals surface area (Å²) in [5, 5.41) is 0. The first-order chi connectivity index (χ1) is 7.79. The number of hydrogen-bond acceptors (Lipinski definition) is 4. The Bertz CT molecular complexity index is 335. The van der Waals surface area contributed by atoms with Crippen LogP contribution in [0.1, 0.15) is 18.4 Å². The maximum absolute atomic E-state index is 5.91. The van der Waals surface area contributed by atoms with Crippen LogP contribution in [0.15, 0.2) is 18.3 Å². The van der Waals surface area contributed by atoms with Gasteiger partial charge in [0.05, 0.1) is 0 Å². The van der Waals surface area contributed by atoms with Crippen molar-refractivity contribution >= 4 is 0 Å². The van der Waals surface area contributed by atoms with Crippen molar-refractivity contribution in [3.8, 4) is 5.88 Å². The van der Waals surface area contributed by atoms with E-state index < -0.39 is 0 Å². The lowest BCUT2D eigenvalue weighted by molar-refractivity contribution is 0.109. The molecule has 2 heterocycles. The molecule has 1 fully saturated rings. The standard InChI is InChI=1S/C12H19N3O/c1-15-7-4-11(5-8-15)16-12-10(9-13)3-2-6-14-12/h2-3,6,11H,4-5,7-9,13H2,1H3. The Kier molecular flexibility index (Phi) is 3.74. The zero-order valence-corrected chi connectivity index (χ0v) is 9.72. The zero-order valence-electron chi connectivity index (χ0n) is 9.72. The highest BCUT2D eigenvalue weighted by molar-refractivity contribution is 5.25. The second-order valence-electron chi connectivity index (χ2n) is 4.29. The number of rotatable bonds is 3. The topological polar surface area (TPSA) is 51.4 Å². The lowest BCUT2D eigenvalue weighted by atomic mass is 10.1. The Morgan fingerprint density at radius 3 is 2.94 bits per heavy atom. The van der Waals surface area contributed by atoms with Gasteiger partial charge in [-0.2, -0.15) is 0 Å². The van der Waals surface area contributed by atoms with Gasteiger partial charge in [-0.15, -0.1) is 0 Å². The van der Waals surface area contributed by atoms with E-state index in [1.807, 2.05) is 12.1 Å². The second kappa shape index (κ2) is 5.27. The highest BCUT2D eigenvalue weighted by Gasteiger charge is 2.19. The van der Waals surface area contributed by atoms with E-state index in [-0.39, 0.29) is 6.10 Å². The Hall–Kier alpha value is -1.13. The van der Waals surface area contributed by atoms with Crippen LogP contribution < -0.4 is 10.5 Å². The largest absolute Gasteiger partial charge is 0.474 e. The molecule has 2 N–H and O–H groups in total. The van der Waals surface area contributed by atoms with Crippen molar-refractivity contribution in [1.29, 1.82) is 0 Å². The Morgan fingerprint density at radius 1 is 1.50 bits per heavy atom. The highest BCUT2D eigenvalue weighted by atomic mass is 16.5. The average Bonchev–Trinajstić information content (AvgIpc) is 2.33. The minimum atomic E-state index is 0.288. The van der Waals surface area contributed by atoms with Gasteiger partial charge >= 0.3 is 0 Å².